The highest BCUT2D eigenvalue weighted by Crippen LogP contribution is 2.39. The lowest BCUT2D eigenvalue weighted by atomic mass is 10.1. The van der Waals surface area contributed by atoms with Gasteiger partial charge in [0.2, 0.25) is 0 Å². The molecule has 1 heterocycles. The van der Waals surface area contributed by atoms with Gasteiger partial charge in [0.1, 0.15) is 17.3 Å². The lowest BCUT2D eigenvalue weighted by molar-refractivity contribution is 0.0690. The van der Waals surface area contributed by atoms with E-state index in [2.05, 4.69) is 10.2 Å². The van der Waals surface area contributed by atoms with Crippen molar-refractivity contribution in [1.29, 1.82) is 0 Å². The molecule has 0 aliphatic carbocycles. The minimum atomic E-state index is -1.16. The van der Waals surface area contributed by atoms with Crippen LogP contribution in [0.2, 0.25) is 5.02 Å². The van der Waals surface area contributed by atoms with Crippen LogP contribution in [-0.4, -0.2) is 28.4 Å². The van der Waals surface area contributed by atoms with E-state index in [1.165, 1.54) is 19.2 Å². The summed E-state index contributed by atoms with van der Waals surface area (Å²) in [6.07, 6.45) is 0. The first-order valence-corrected chi connectivity index (χ1v) is 5.65. The predicted molar refractivity (Wildman–Crippen MR) is 67.2 cm³/mol. The number of rotatable bonds is 3. The van der Waals surface area contributed by atoms with E-state index < -0.39 is 11.8 Å². The number of hydrogen-bond donors (Lipinski definition) is 2. The molecule has 1 aromatic heterocycles. The maximum absolute atomic E-state index is 13.7. The van der Waals surface area contributed by atoms with E-state index in [9.17, 15) is 9.18 Å². The number of methoxy groups -OCH3 is 1. The molecule has 0 aliphatic rings. The standard InChI is InChI=1S/C12H10ClFN2O3/c1-5-3-6(14)10(13)9(11(5)19-2)7-4-8(12(17)18)16-15-7/h3-4H,1-2H3,(H,15,16)(H,17,18). The number of carboxylic acid groups (broad SMARTS) is 1. The van der Waals surface area contributed by atoms with Crippen molar-refractivity contribution < 1.29 is 19.0 Å². The van der Waals surface area contributed by atoms with E-state index in [1.807, 2.05) is 0 Å². The van der Waals surface area contributed by atoms with E-state index in [-0.39, 0.29) is 22.0 Å². The molecule has 19 heavy (non-hydrogen) atoms. The van der Waals surface area contributed by atoms with Gasteiger partial charge < -0.3 is 9.84 Å². The smallest absolute Gasteiger partial charge is 0.353 e. The first-order valence-electron chi connectivity index (χ1n) is 5.27. The molecule has 100 valence electrons. The molecule has 1 aromatic carbocycles. The molecule has 0 amide bonds. The van der Waals surface area contributed by atoms with Crippen molar-refractivity contribution >= 4 is 17.6 Å². The van der Waals surface area contributed by atoms with Gasteiger partial charge in [-0.05, 0) is 24.6 Å². The largest absolute Gasteiger partial charge is 0.496 e. The zero-order chi connectivity index (χ0) is 14.2. The summed E-state index contributed by atoms with van der Waals surface area (Å²) in [6.45, 7) is 1.66. The molecule has 5 nitrogen and oxygen atoms in total. The number of hydrogen-bond acceptors (Lipinski definition) is 3. The quantitative estimate of drug-likeness (QED) is 0.909. The van der Waals surface area contributed by atoms with Gasteiger partial charge in [0.05, 0.1) is 23.4 Å². The second kappa shape index (κ2) is 4.89. The highest BCUT2D eigenvalue weighted by atomic mass is 35.5. The number of nitrogens with one attached hydrogen (secondary N) is 1. The fourth-order valence-electron chi connectivity index (χ4n) is 1.79. The van der Waals surface area contributed by atoms with Crippen LogP contribution in [0.1, 0.15) is 16.1 Å². The lowest BCUT2D eigenvalue weighted by Crippen LogP contribution is -1.95. The van der Waals surface area contributed by atoms with E-state index >= 15 is 0 Å². The van der Waals surface area contributed by atoms with Crippen molar-refractivity contribution in [1.82, 2.24) is 10.2 Å². The summed E-state index contributed by atoms with van der Waals surface area (Å²) in [4.78, 5) is 10.8. The van der Waals surface area contributed by atoms with Gasteiger partial charge >= 0.3 is 5.97 Å². The molecule has 0 saturated carbocycles. The second-order valence-electron chi connectivity index (χ2n) is 3.87. The average molecular weight is 285 g/mol. The van der Waals surface area contributed by atoms with Crippen LogP contribution in [0.4, 0.5) is 4.39 Å². The molecule has 0 spiro atoms. The summed E-state index contributed by atoms with van der Waals surface area (Å²) in [7, 11) is 1.42. The van der Waals surface area contributed by atoms with Crippen LogP contribution in [0.5, 0.6) is 5.75 Å². The number of carbonyl (C=O) groups is 1. The number of aromatic carboxylic acids is 1. The van der Waals surface area contributed by atoms with Crippen molar-refractivity contribution in [2.75, 3.05) is 7.11 Å². The van der Waals surface area contributed by atoms with Crippen LogP contribution in [0.15, 0.2) is 12.1 Å². The first kappa shape index (κ1) is 13.4. The van der Waals surface area contributed by atoms with Gasteiger partial charge in [0, 0.05) is 0 Å². The molecule has 2 N–H and O–H groups in total. The molecule has 0 bridgehead atoms. The van der Waals surface area contributed by atoms with Crippen molar-refractivity contribution in [3.63, 3.8) is 0 Å². The zero-order valence-corrected chi connectivity index (χ0v) is 10.9. The Labute approximate surface area is 113 Å². The lowest BCUT2D eigenvalue weighted by Gasteiger charge is -2.12. The molecule has 0 atom stereocenters. The van der Waals surface area contributed by atoms with Crippen LogP contribution in [0.25, 0.3) is 11.3 Å². The number of aryl methyl sites for hydroxylation is 1. The van der Waals surface area contributed by atoms with Crippen LogP contribution >= 0.6 is 11.6 Å². The van der Waals surface area contributed by atoms with Gasteiger partial charge in [-0.3, -0.25) is 5.10 Å². The highest BCUT2D eigenvalue weighted by Gasteiger charge is 2.20. The number of H-pyrrole nitrogens is 1. The summed E-state index contributed by atoms with van der Waals surface area (Å²) in [5.41, 5.74) is 0.863. The molecule has 0 unspecified atom stereocenters. The topological polar surface area (TPSA) is 75.2 Å². The Hall–Kier alpha value is -2.08. The van der Waals surface area contributed by atoms with Gasteiger partial charge in [-0.1, -0.05) is 11.6 Å². The molecular weight excluding hydrogens is 275 g/mol. The normalized spacial score (nSPS) is 10.5. The third-order valence-corrected chi connectivity index (χ3v) is 3.00. The number of halogens is 2. The number of benzene rings is 1. The van der Waals surface area contributed by atoms with Gasteiger partial charge in [-0.2, -0.15) is 5.10 Å². The fourth-order valence-corrected chi connectivity index (χ4v) is 2.02. The summed E-state index contributed by atoms with van der Waals surface area (Å²) >= 11 is 5.92. The Kier molecular flexibility index (Phi) is 3.44. The minimum absolute atomic E-state index is 0.116. The van der Waals surface area contributed by atoms with Gasteiger partial charge in [-0.25, -0.2) is 9.18 Å². The van der Waals surface area contributed by atoms with Crippen molar-refractivity contribution in [2.45, 2.75) is 6.92 Å². The monoisotopic (exact) mass is 284 g/mol. The zero-order valence-electron chi connectivity index (χ0n) is 10.1. The molecule has 2 rings (SSSR count). The molecule has 2 aromatic rings. The Morgan fingerprint density at radius 3 is 2.74 bits per heavy atom. The van der Waals surface area contributed by atoms with Crippen molar-refractivity contribution in [3.8, 4) is 17.0 Å². The maximum Gasteiger partial charge on any atom is 0.353 e. The van der Waals surface area contributed by atoms with Gasteiger partial charge in [-0.15, -0.1) is 0 Å². The molecule has 0 aliphatic heterocycles. The summed E-state index contributed by atoms with van der Waals surface area (Å²) in [6, 6.07) is 2.51. The van der Waals surface area contributed by atoms with Gasteiger partial charge in [0.15, 0.2) is 0 Å². The summed E-state index contributed by atoms with van der Waals surface area (Å²) in [5.74, 6) is -1.42. The number of aromatic amines is 1. The highest BCUT2D eigenvalue weighted by molar-refractivity contribution is 6.33. The number of nitrogens with zero attached hydrogens (tertiary/aromatic N) is 1. The molecule has 0 saturated heterocycles. The average Bonchev–Trinajstić information content (AvgIpc) is 2.82. The molecule has 7 heteroatoms. The minimum Gasteiger partial charge on any atom is -0.496 e. The van der Waals surface area contributed by atoms with Crippen LogP contribution in [0.3, 0.4) is 0 Å². The second-order valence-corrected chi connectivity index (χ2v) is 4.25. The van der Waals surface area contributed by atoms with Crippen molar-refractivity contribution in [2.24, 2.45) is 0 Å². The Balaban J connectivity index is 2.69. The fraction of sp³-hybridized carbons (Fsp3) is 0.167. The van der Waals surface area contributed by atoms with Crippen LogP contribution < -0.4 is 4.74 Å². The number of carboxylic acids is 1. The van der Waals surface area contributed by atoms with E-state index in [0.717, 1.165) is 0 Å². The van der Waals surface area contributed by atoms with E-state index in [1.54, 1.807) is 6.92 Å². The van der Waals surface area contributed by atoms with Crippen molar-refractivity contribution in [3.05, 3.63) is 34.2 Å². The third kappa shape index (κ3) is 2.26. The SMILES string of the molecule is COc1c(C)cc(F)c(Cl)c1-c1cc(C(=O)O)[nH]n1. The molecular formula is C12H10ClFN2O3. The number of aromatic nitrogens is 2. The third-order valence-electron chi connectivity index (χ3n) is 2.63. The Morgan fingerprint density at radius 2 is 2.21 bits per heavy atom. The van der Waals surface area contributed by atoms with E-state index in [4.69, 9.17) is 21.4 Å². The van der Waals surface area contributed by atoms with Gasteiger partial charge in [0.25, 0.3) is 0 Å². The first-order chi connectivity index (χ1) is 8.95. The predicted octanol–water partition coefficient (Wildman–Crippen LogP) is 2.88. The Morgan fingerprint density at radius 1 is 1.53 bits per heavy atom. The van der Waals surface area contributed by atoms with Crippen LogP contribution in [-0.2, 0) is 0 Å². The van der Waals surface area contributed by atoms with E-state index in [0.29, 0.717) is 11.3 Å². The summed E-state index contributed by atoms with van der Waals surface area (Å²) < 4.78 is 18.8. The van der Waals surface area contributed by atoms with Crippen LogP contribution in [0, 0.1) is 12.7 Å². The maximum atomic E-state index is 13.7. The Bertz CT molecular complexity index is 655. The number of ether oxygens (including phenoxy) is 1. The molecule has 0 radical (unpaired) electrons. The molecule has 0 fully saturated rings. The summed E-state index contributed by atoms with van der Waals surface area (Å²) in [5, 5.41) is 14.8.